The molecule has 2 heterocycles. The van der Waals surface area contributed by atoms with Gasteiger partial charge in [0.05, 0.1) is 16.4 Å². The van der Waals surface area contributed by atoms with Crippen molar-refractivity contribution in [1.82, 2.24) is 14.8 Å². The van der Waals surface area contributed by atoms with Gasteiger partial charge in [-0.05, 0) is 89.1 Å². The van der Waals surface area contributed by atoms with Crippen molar-refractivity contribution in [2.24, 2.45) is 0 Å². The molecule has 3 rings (SSSR count). The highest BCUT2D eigenvalue weighted by atomic mass is 32.1. The van der Waals surface area contributed by atoms with Crippen LogP contribution in [0.25, 0.3) is 0 Å². The van der Waals surface area contributed by atoms with E-state index in [2.05, 4.69) is 25.8 Å². The summed E-state index contributed by atoms with van der Waals surface area (Å²) in [5.41, 5.74) is 1.16. The van der Waals surface area contributed by atoms with Crippen molar-refractivity contribution in [1.29, 1.82) is 0 Å². The van der Waals surface area contributed by atoms with Crippen LogP contribution in [-0.2, 0) is 11.3 Å². The first kappa shape index (κ1) is 29.6. The monoisotopic (exact) mass is 552 g/mol. The molecule has 0 saturated heterocycles. The van der Waals surface area contributed by atoms with Crippen LogP contribution in [0.15, 0.2) is 60.1 Å². The van der Waals surface area contributed by atoms with Gasteiger partial charge in [0.1, 0.15) is 11.3 Å². The Bertz CT molecular complexity index is 1240. The van der Waals surface area contributed by atoms with Gasteiger partial charge in [-0.2, -0.15) is 0 Å². The van der Waals surface area contributed by atoms with E-state index in [0.717, 1.165) is 23.5 Å². The van der Waals surface area contributed by atoms with Gasteiger partial charge < -0.3 is 19.9 Å². The molecule has 0 atom stereocenters. The Balaban J connectivity index is 1.65. The minimum Gasteiger partial charge on any atom is -0.444 e. The van der Waals surface area contributed by atoms with Crippen LogP contribution >= 0.6 is 11.3 Å². The molecule has 0 aliphatic rings. The van der Waals surface area contributed by atoms with Crippen LogP contribution in [-0.4, -0.2) is 65.6 Å². The molecule has 11 heteroatoms. The van der Waals surface area contributed by atoms with Gasteiger partial charge in [0.2, 0.25) is 0 Å². The molecule has 3 aromatic rings. The molecule has 208 valence electrons. The van der Waals surface area contributed by atoms with Gasteiger partial charge in [0.15, 0.2) is 0 Å². The Morgan fingerprint density at radius 3 is 2.23 bits per heavy atom. The highest BCUT2D eigenvalue weighted by Gasteiger charge is 2.19. The lowest BCUT2D eigenvalue weighted by Gasteiger charge is -2.23. The summed E-state index contributed by atoms with van der Waals surface area (Å²) in [5.74, 6) is -0.432. The van der Waals surface area contributed by atoms with Gasteiger partial charge in [-0.25, -0.2) is 9.59 Å². The van der Waals surface area contributed by atoms with Crippen LogP contribution < -0.4 is 16.0 Å². The van der Waals surface area contributed by atoms with Crippen molar-refractivity contribution in [3.63, 3.8) is 0 Å². The van der Waals surface area contributed by atoms with Crippen LogP contribution in [0.1, 0.15) is 43.2 Å². The SMILES string of the molecule is CN(C)CCCN(Cc1ccc(C(=O)Nc2ccccc2NC(=O)OC(C)(C)C)nc1)C(=O)Nc1cccs1. The maximum atomic E-state index is 12.9. The largest absolute Gasteiger partial charge is 0.444 e. The van der Waals surface area contributed by atoms with Gasteiger partial charge in [0.25, 0.3) is 5.91 Å². The molecule has 0 bridgehead atoms. The number of benzene rings is 1. The molecule has 10 nitrogen and oxygen atoms in total. The quantitative estimate of drug-likeness (QED) is 0.296. The first-order chi connectivity index (χ1) is 18.5. The molecule has 3 N–H and O–H groups in total. The maximum Gasteiger partial charge on any atom is 0.412 e. The number of ether oxygens (including phenoxy) is 1. The molecular formula is C28H36N6O4S. The fourth-order valence-electron chi connectivity index (χ4n) is 3.54. The Labute approximate surface area is 233 Å². The summed E-state index contributed by atoms with van der Waals surface area (Å²) in [4.78, 5) is 46.2. The van der Waals surface area contributed by atoms with E-state index in [4.69, 9.17) is 4.74 Å². The number of rotatable bonds is 10. The number of nitrogens with one attached hydrogen (secondary N) is 3. The van der Waals surface area contributed by atoms with Crippen molar-refractivity contribution in [3.8, 4) is 0 Å². The fourth-order valence-corrected chi connectivity index (χ4v) is 4.15. The number of nitrogens with zero attached hydrogens (tertiary/aromatic N) is 3. The summed E-state index contributed by atoms with van der Waals surface area (Å²) in [6, 6.07) is 13.8. The van der Waals surface area contributed by atoms with E-state index < -0.39 is 17.6 Å². The third kappa shape index (κ3) is 10.0. The van der Waals surface area contributed by atoms with E-state index in [0.29, 0.717) is 24.5 Å². The number of anilines is 3. The fraction of sp³-hybridized carbons (Fsp3) is 0.357. The Morgan fingerprint density at radius 1 is 0.923 bits per heavy atom. The average molecular weight is 553 g/mol. The number of thiophene rings is 1. The van der Waals surface area contributed by atoms with Crippen LogP contribution in [0.3, 0.4) is 0 Å². The lowest BCUT2D eigenvalue weighted by molar-refractivity contribution is 0.0635. The van der Waals surface area contributed by atoms with E-state index >= 15 is 0 Å². The molecule has 0 radical (unpaired) electrons. The zero-order valence-corrected chi connectivity index (χ0v) is 23.8. The topological polar surface area (TPSA) is 116 Å². The second-order valence-electron chi connectivity index (χ2n) is 10.2. The van der Waals surface area contributed by atoms with Crippen molar-refractivity contribution in [2.45, 2.75) is 39.3 Å². The smallest absolute Gasteiger partial charge is 0.412 e. The molecule has 4 amide bonds. The summed E-state index contributed by atoms with van der Waals surface area (Å²) < 4.78 is 5.30. The van der Waals surface area contributed by atoms with Crippen molar-refractivity contribution < 1.29 is 19.1 Å². The third-order valence-corrected chi connectivity index (χ3v) is 6.10. The Morgan fingerprint density at radius 2 is 1.64 bits per heavy atom. The summed E-state index contributed by atoms with van der Waals surface area (Å²) in [6.45, 7) is 7.09. The zero-order chi connectivity index (χ0) is 28.4. The first-order valence-corrected chi connectivity index (χ1v) is 13.5. The molecule has 0 spiro atoms. The number of urea groups is 1. The van der Waals surface area contributed by atoms with Gasteiger partial charge in [0, 0.05) is 19.3 Å². The van der Waals surface area contributed by atoms with Crippen molar-refractivity contribution >= 4 is 45.7 Å². The van der Waals surface area contributed by atoms with E-state index in [9.17, 15) is 14.4 Å². The second kappa shape index (κ2) is 13.7. The van der Waals surface area contributed by atoms with Gasteiger partial charge in [-0.15, -0.1) is 11.3 Å². The van der Waals surface area contributed by atoms with Crippen LogP contribution in [0, 0.1) is 0 Å². The summed E-state index contributed by atoms with van der Waals surface area (Å²) >= 11 is 1.46. The van der Waals surface area contributed by atoms with E-state index in [-0.39, 0.29) is 11.7 Å². The number of para-hydroxylation sites is 2. The minimum absolute atomic E-state index is 0.188. The summed E-state index contributed by atoms with van der Waals surface area (Å²) in [7, 11) is 3.99. The van der Waals surface area contributed by atoms with E-state index in [1.807, 2.05) is 31.6 Å². The van der Waals surface area contributed by atoms with Crippen molar-refractivity contribution in [2.75, 3.05) is 43.1 Å². The van der Waals surface area contributed by atoms with Gasteiger partial charge in [-0.1, -0.05) is 18.2 Å². The number of carbonyl (C=O) groups excluding carboxylic acids is 3. The molecule has 0 fully saturated rings. The lowest BCUT2D eigenvalue weighted by Crippen LogP contribution is -2.36. The highest BCUT2D eigenvalue weighted by molar-refractivity contribution is 7.14. The number of aromatic nitrogens is 1. The molecule has 1 aromatic carbocycles. The first-order valence-electron chi connectivity index (χ1n) is 12.6. The third-order valence-electron chi connectivity index (χ3n) is 5.31. The zero-order valence-electron chi connectivity index (χ0n) is 23.0. The van der Waals surface area contributed by atoms with Crippen molar-refractivity contribution in [3.05, 3.63) is 71.4 Å². The molecule has 2 aromatic heterocycles. The number of carbonyl (C=O) groups is 3. The number of hydrogen-bond donors (Lipinski definition) is 3. The Hall–Kier alpha value is -3.96. The molecule has 0 aliphatic carbocycles. The summed E-state index contributed by atoms with van der Waals surface area (Å²) in [5, 5.41) is 11.1. The normalized spacial score (nSPS) is 11.1. The molecule has 0 saturated carbocycles. The second-order valence-corrected chi connectivity index (χ2v) is 11.1. The molecule has 39 heavy (non-hydrogen) atoms. The van der Waals surface area contributed by atoms with E-state index in [1.165, 1.54) is 11.3 Å². The van der Waals surface area contributed by atoms with E-state index in [1.54, 1.807) is 68.3 Å². The number of hydrogen-bond acceptors (Lipinski definition) is 7. The lowest BCUT2D eigenvalue weighted by atomic mass is 10.2. The van der Waals surface area contributed by atoms with Crippen LogP contribution in [0.2, 0.25) is 0 Å². The molecular weight excluding hydrogens is 516 g/mol. The maximum absolute atomic E-state index is 12.9. The van der Waals surface area contributed by atoms with Crippen LogP contribution in [0.5, 0.6) is 0 Å². The predicted molar refractivity (Wildman–Crippen MR) is 155 cm³/mol. The molecule has 0 aliphatic heterocycles. The standard InChI is InChI=1S/C28H36N6O4S/c1-28(2,3)38-27(37)31-22-11-7-6-10-21(22)30-25(35)23-14-13-20(18-29-23)19-34(16-9-15-33(4)5)26(36)32-24-12-8-17-39-24/h6-8,10-14,17-18H,9,15-16,19H2,1-5H3,(H,30,35)(H,31,37)(H,32,36). The molecule has 0 unspecified atom stereocenters. The van der Waals surface area contributed by atoms with Crippen LogP contribution in [0.4, 0.5) is 26.0 Å². The minimum atomic E-state index is -0.652. The van der Waals surface area contributed by atoms with Gasteiger partial charge >= 0.3 is 12.1 Å². The predicted octanol–water partition coefficient (Wildman–Crippen LogP) is 5.73. The average Bonchev–Trinajstić information content (AvgIpc) is 3.36. The highest BCUT2D eigenvalue weighted by Crippen LogP contribution is 2.23. The summed E-state index contributed by atoms with van der Waals surface area (Å²) in [6.07, 6.45) is 1.79. The number of pyridine rings is 1. The van der Waals surface area contributed by atoms with Gasteiger partial charge in [-0.3, -0.25) is 20.4 Å². The Kier molecular flexibility index (Phi) is 10.4. The number of amides is 4.